The van der Waals surface area contributed by atoms with E-state index in [-0.39, 0.29) is 4.93 Å². The van der Waals surface area contributed by atoms with Gasteiger partial charge in [0.05, 0.1) is 18.3 Å². The fourth-order valence-electron chi connectivity index (χ4n) is 2.59. The normalized spacial score (nSPS) is 51.2. The van der Waals surface area contributed by atoms with Crippen LogP contribution in [-0.4, -0.2) is 28.5 Å². The van der Waals surface area contributed by atoms with Crippen molar-refractivity contribution in [2.45, 2.75) is 75.5 Å². The second kappa shape index (κ2) is 4.27. The fraction of sp³-hybridized carbons (Fsp3) is 1.00. The Kier molecular flexibility index (Phi) is 3.34. The van der Waals surface area contributed by atoms with Crippen molar-refractivity contribution in [3.63, 3.8) is 0 Å². The maximum atomic E-state index is 6.00. The molecule has 2 fully saturated rings. The second-order valence-corrected chi connectivity index (χ2v) is 6.85. The Balaban J connectivity index is 1.91. The summed E-state index contributed by atoms with van der Waals surface area (Å²) in [6.07, 6.45) is 4.76. The highest BCUT2D eigenvalue weighted by Crippen LogP contribution is 2.45. The van der Waals surface area contributed by atoms with Gasteiger partial charge >= 0.3 is 0 Å². The van der Waals surface area contributed by atoms with Gasteiger partial charge in [-0.05, 0) is 47.0 Å². The molecule has 0 N–H and O–H groups in total. The first-order valence-corrected chi connectivity index (χ1v) is 6.87. The lowest BCUT2D eigenvalue weighted by molar-refractivity contribution is 0.0420. The highest BCUT2D eigenvalue weighted by molar-refractivity contribution is 8.01. The Morgan fingerprint density at radius 3 is 2.40 bits per heavy atom. The first-order chi connectivity index (χ1) is 6.98. The van der Waals surface area contributed by atoms with Crippen LogP contribution in [-0.2, 0) is 9.47 Å². The highest BCUT2D eigenvalue weighted by Gasteiger charge is 2.41. The van der Waals surface area contributed by atoms with E-state index in [0.717, 1.165) is 0 Å². The molecule has 88 valence electrons. The van der Waals surface area contributed by atoms with E-state index < -0.39 is 0 Å². The third kappa shape index (κ3) is 2.69. The van der Waals surface area contributed by atoms with E-state index in [1.807, 2.05) is 11.8 Å². The van der Waals surface area contributed by atoms with Crippen molar-refractivity contribution in [3.8, 4) is 0 Å². The van der Waals surface area contributed by atoms with E-state index >= 15 is 0 Å². The predicted octanol–water partition coefficient (Wildman–Crippen LogP) is 3.20. The van der Waals surface area contributed by atoms with Gasteiger partial charge in [0.25, 0.3) is 0 Å². The monoisotopic (exact) mass is 230 g/mol. The second-order valence-electron chi connectivity index (χ2n) is 5.14. The molecule has 0 spiro atoms. The molecular weight excluding hydrogens is 208 g/mol. The molecule has 0 aliphatic carbocycles. The van der Waals surface area contributed by atoms with Crippen LogP contribution in [0.3, 0.4) is 0 Å². The van der Waals surface area contributed by atoms with Gasteiger partial charge in [-0.25, -0.2) is 0 Å². The van der Waals surface area contributed by atoms with Gasteiger partial charge < -0.3 is 9.47 Å². The summed E-state index contributed by atoms with van der Waals surface area (Å²) in [6.45, 7) is 8.75. The van der Waals surface area contributed by atoms with Crippen LogP contribution in [0.5, 0.6) is 0 Å². The molecule has 0 radical (unpaired) electrons. The Morgan fingerprint density at radius 2 is 1.93 bits per heavy atom. The van der Waals surface area contributed by atoms with Crippen LogP contribution in [0, 0.1) is 0 Å². The average Bonchev–Trinajstić information content (AvgIpc) is 2.58. The molecule has 2 aliphatic heterocycles. The molecule has 0 amide bonds. The van der Waals surface area contributed by atoms with E-state index in [1.165, 1.54) is 19.3 Å². The molecule has 2 rings (SSSR count). The molecule has 0 aromatic heterocycles. The molecule has 2 aliphatic rings. The molecule has 15 heavy (non-hydrogen) atoms. The lowest BCUT2D eigenvalue weighted by Gasteiger charge is -2.28. The molecule has 2 saturated heterocycles. The lowest BCUT2D eigenvalue weighted by Crippen LogP contribution is -2.26. The van der Waals surface area contributed by atoms with Crippen LogP contribution in [0.25, 0.3) is 0 Å². The van der Waals surface area contributed by atoms with E-state index in [1.54, 1.807) is 0 Å². The topological polar surface area (TPSA) is 18.5 Å². The Bertz CT molecular complexity index is 234. The largest absolute Gasteiger partial charge is 0.374 e. The first kappa shape index (κ1) is 11.7. The van der Waals surface area contributed by atoms with E-state index in [0.29, 0.717) is 23.6 Å². The third-order valence-electron chi connectivity index (χ3n) is 3.39. The minimum Gasteiger partial charge on any atom is -0.374 e. The third-order valence-corrected chi connectivity index (χ3v) is 5.07. The maximum absolute atomic E-state index is 6.00. The van der Waals surface area contributed by atoms with Crippen molar-refractivity contribution in [2.75, 3.05) is 0 Å². The van der Waals surface area contributed by atoms with Crippen LogP contribution in [0.15, 0.2) is 0 Å². The molecule has 5 atom stereocenters. The van der Waals surface area contributed by atoms with E-state index in [2.05, 4.69) is 27.7 Å². The Hall–Kier alpha value is 0.270. The summed E-state index contributed by atoms with van der Waals surface area (Å²) >= 11 is 1.99. The number of rotatable bonds is 2. The molecule has 2 heterocycles. The maximum Gasteiger partial charge on any atom is 0.111 e. The summed E-state index contributed by atoms with van der Waals surface area (Å²) in [4.78, 5) is 0.0335. The Morgan fingerprint density at radius 1 is 1.20 bits per heavy atom. The van der Waals surface area contributed by atoms with Crippen molar-refractivity contribution < 1.29 is 9.47 Å². The molecule has 0 aromatic rings. The number of ether oxygens (including phenoxy) is 2. The zero-order valence-corrected chi connectivity index (χ0v) is 11.0. The van der Waals surface area contributed by atoms with Gasteiger partial charge in [0.2, 0.25) is 0 Å². The number of hydrogen-bond acceptors (Lipinski definition) is 3. The summed E-state index contributed by atoms with van der Waals surface area (Å²) in [5.41, 5.74) is 0. The molecule has 0 aromatic carbocycles. The van der Waals surface area contributed by atoms with Crippen LogP contribution in [0.2, 0.25) is 0 Å². The molecule has 5 unspecified atom stereocenters. The molecule has 0 saturated carbocycles. The van der Waals surface area contributed by atoms with Gasteiger partial charge in [0.1, 0.15) is 4.93 Å². The fourth-order valence-corrected chi connectivity index (χ4v) is 4.31. The highest BCUT2D eigenvalue weighted by atomic mass is 32.2. The standard InChI is InChI=1S/C12H22O2S/c1-8-5-6-12(4,14-8)15-11-7-9(2)13-10(11)3/h8-11H,5-7H2,1-4H3. The SMILES string of the molecule is CC1CC(SC2(C)CCC(C)O2)C(C)O1. The lowest BCUT2D eigenvalue weighted by atomic mass is 10.2. The number of thioether (sulfide) groups is 1. The first-order valence-electron chi connectivity index (χ1n) is 5.99. The van der Waals surface area contributed by atoms with Gasteiger partial charge in [-0.15, -0.1) is 11.8 Å². The smallest absolute Gasteiger partial charge is 0.111 e. The van der Waals surface area contributed by atoms with Gasteiger partial charge in [0.15, 0.2) is 0 Å². The summed E-state index contributed by atoms with van der Waals surface area (Å²) in [5, 5.41) is 0.607. The van der Waals surface area contributed by atoms with Crippen molar-refractivity contribution in [1.29, 1.82) is 0 Å². The summed E-state index contributed by atoms with van der Waals surface area (Å²) in [7, 11) is 0. The molecular formula is C12H22O2S. The summed E-state index contributed by atoms with van der Waals surface area (Å²) in [6, 6.07) is 0. The minimum atomic E-state index is 0.0335. The summed E-state index contributed by atoms with van der Waals surface area (Å²) in [5.74, 6) is 0. The molecule has 2 nitrogen and oxygen atoms in total. The van der Waals surface area contributed by atoms with Crippen LogP contribution >= 0.6 is 11.8 Å². The molecule has 3 heteroatoms. The summed E-state index contributed by atoms with van der Waals surface area (Å²) < 4.78 is 11.8. The average molecular weight is 230 g/mol. The van der Waals surface area contributed by atoms with Crippen molar-refractivity contribution in [3.05, 3.63) is 0 Å². The van der Waals surface area contributed by atoms with Gasteiger partial charge in [0, 0.05) is 5.25 Å². The van der Waals surface area contributed by atoms with Crippen molar-refractivity contribution >= 4 is 11.8 Å². The van der Waals surface area contributed by atoms with Crippen LogP contribution in [0.1, 0.15) is 47.0 Å². The van der Waals surface area contributed by atoms with E-state index in [4.69, 9.17) is 9.47 Å². The van der Waals surface area contributed by atoms with Crippen molar-refractivity contribution in [2.24, 2.45) is 0 Å². The van der Waals surface area contributed by atoms with Crippen molar-refractivity contribution in [1.82, 2.24) is 0 Å². The Labute approximate surface area is 97.1 Å². The molecule has 0 bridgehead atoms. The van der Waals surface area contributed by atoms with Gasteiger partial charge in [-0.1, -0.05) is 0 Å². The van der Waals surface area contributed by atoms with Gasteiger partial charge in [-0.2, -0.15) is 0 Å². The van der Waals surface area contributed by atoms with Crippen LogP contribution < -0.4 is 0 Å². The predicted molar refractivity (Wildman–Crippen MR) is 64.2 cm³/mol. The van der Waals surface area contributed by atoms with E-state index in [9.17, 15) is 0 Å². The zero-order chi connectivity index (χ0) is 11.1. The van der Waals surface area contributed by atoms with Gasteiger partial charge in [-0.3, -0.25) is 0 Å². The minimum absolute atomic E-state index is 0.0335. The number of hydrogen-bond donors (Lipinski definition) is 0. The quantitative estimate of drug-likeness (QED) is 0.726. The van der Waals surface area contributed by atoms with Crippen LogP contribution in [0.4, 0.5) is 0 Å². The zero-order valence-electron chi connectivity index (χ0n) is 10.2.